The lowest BCUT2D eigenvalue weighted by molar-refractivity contribution is -0.167. The number of allylic oxidation sites excluding steroid dienone is 12. The van der Waals surface area contributed by atoms with Crippen molar-refractivity contribution in [2.75, 3.05) is 13.2 Å². The van der Waals surface area contributed by atoms with E-state index in [2.05, 4.69) is 93.7 Å². The highest BCUT2D eigenvalue weighted by Gasteiger charge is 2.19. The molecule has 0 aliphatic carbocycles. The first-order valence-corrected chi connectivity index (χ1v) is 33.9. The minimum atomic E-state index is -0.782. The number of carbonyl (C=O) groups is 3. The Balaban J connectivity index is 4.24. The first kappa shape index (κ1) is 74.8. The summed E-state index contributed by atoms with van der Waals surface area (Å²) in [4.78, 5) is 38.4. The molecule has 0 fully saturated rings. The van der Waals surface area contributed by atoms with Crippen molar-refractivity contribution < 1.29 is 28.6 Å². The number of hydrogen-bond donors (Lipinski definition) is 0. The Morgan fingerprint density at radius 2 is 0.500 bits per heavy atom. The van der Waals surface area contributed by atoms with Crippen LogP contribution in [0.3, 0.4) is 0 Å². The van der Waals surface area contributed by atoms with Gasteiger partial charge in [0.1, 0.15) is 13.2 Å². The lowest BCUT2D eigenvalue weighted by Gasteiger charge is -2.18. The lowest BCUT2D eigenvalue weighted by atomic mass is 10.0. The van der Waals surface area contributed by atoms with Gasteiger partial charge in [0.2, 0.25) is 0 Å². The van der Waals surface area contributed by atoms with Crippen LogP contribution < -0.4 is 0 Å². The highest BCUT2D eigenvalue weighted by atomic mass is 16.6. The summed E-state index contributed by atoms with van der Waals surface area (Å²) in [6.45, 7) is 6.55. The van der Waals surface area contributed by atoms with Crippen LogP contribution in [0.5, 0.6) is 0 Å². The Morgan fingerprint density at radius 3 is 0.795 bits per heavy atom. The summed E-state index contributed by atoms with van der Waals surface area (Å²) < 4.78 is 16.9. The van der Waals surface area contributed by atoms with Gasteiger partial charge < -0.3 is 14.2 Å². The van der Waals surface area contributed by atoms with Crippen molar-refractivity contribution in [1.29, 1.82) is 0 Å². The normalized spacial score (nSPS) is 12.5. The molecule has 0 amide bonds. The maximum Gasteiger partial charge on any atom is 0.306 e. The minimum absolute atomic E-state index is 0.0779. The third-order valence-electron chi connectivity index (χ3n) is 14.9. The largest absolute Gasteiger partial charge is 0.462 e. The first-order valence-electron chi connectivity index (χ1n) is 33.9. The second kappa shape index (κ2) is 66.4. The van der Waals surface area contributed by atoms with E-state index in [1.165, 1.54) is 212 Å². The quantitative estimate of drug-likeness (QED) is 0.0261. The van der Waals surface area contributed by atoms with Crippen molar-refractivity contribution in [2.45, 2.75) is 354 Å². The molecule has 1 unspecified atom stereocenters. The van der Waals surface area contributed by atoms with Gasteiger partial charge in [-0.15, -0.1) is 0 Å². The minimum Gasteiger partial charge on any atom is -0.462 e. The van der Waals surface area contributed by atoms with Gasteiger partial charge in [0.25, 0.3) is 0 Å². The van der Waals surface area contributed by atoms with Gasteiger partial charge in [-0.1, -0.05) is 293 Å². The van der Waals surface area contributed by atoms with Crippen molar-refractivity contribution in [2.24, 2.45) is 0 Å². The summed E-state index contributed by atoms with van der Waals surface area (Å²) in [6, 6.07) is 0. The average Bonchev–Trinajstić information content (AvgIpc) is 3.44. The third-order valence-corrected chi connectivity index (χ3v) is 14.9. The number of hydrogen-bond acceptors (Lipinski definition) is 6. The van der Waals surface area contributed by atoms with Crippen LogP contribution in [0.4, 0.5) is 0 Å². The van der Waals surface area contributed by atoms with Gasteiger partial charge in [0.05, 0.1) is 0 Å². The van der Waals surface area contributed by atoms with Gasteiger partial charge >= 0.3 is 17.9 Å². The Labute approximate surface area is 484 Å². The van der Waals surface area contributed by atoms with Gasteiger partial charge in [-0.2, -0.15) is 0 Å². The van der Waals surface area contributed by atoms with Crippen LogP contribution >= 0.6 is 0 Å². The van der Waals surface area contributed by atoms with E-state index in [0.717, 1.165) is 96.3 Å². The van der Waals surface area contributed by atoms with Gasteiger partial charge in [-0.25, -0.2) is 0 Å². The highest BCUT2D eigenvalue weighted by Crippen LogP contribution is 2.17. The van der Waals surface area contributed by atoms with E-state index in [9.17, 15) is 14.4 Å². The first-order chi connectivity index (χ1) is 38.5. The maximum atomic E-state index is 12.9. The zero-order valence-corrected chi connectivity index (χ0v) is 51.9. The molecule has 6 heteroatoms. The van der Waals surface area contributed by atoms with Crippen LogP contribution in [0.25, 0.3) is 0 Å². The van der Waals surface area contributed by atoms with E-state index in [1.807, 2.05) is 0 Å². The molecule has 0 bridgehead atoms. The van der Waals surface area contributed by atoms with Crippen molar-refractivity contribution in [3.63, 3.8) is 0 Å². The summed E-state index contributed by atoms with van der Waals surface area (Å²) in [5.41, 5.74) is 0. The van der Waals surface area contributed by atoms with Crippen molar-refractivity contribution in [1.82, 2.24) is 0 Å². The smallest absolute Gasteiger partial charge is 0.306 e. The number of ether oxygens (including phenoxy) is 3. The molecule has 0 saturated carbocycles. The highest BCUT2D eigenvalue weighted by molar-refractivity contribution is 5.71. The Hall–Kier alpha value is -3.15. The molecule has 0 aromatic carbocycles. The molecule has 0 aromatic rings. The van der Waals surface area contributed by atoms with E-state index in [1.54, 1.807) is 0 Å². The number of unbranched alkanes of at least 4 members (excludes halogenated alkanes) is 39. The van der Waals surface area contributed by atoms with Gasteiger partial charge in [-0.05, 0) is 109 Å². The predicted octanol–water partition coefficient (Wildman–Crippen LogP) is 23.3. The van der Waals surface area contributed by atoms with E-state index >= 15 is 0 Å². The molecule has 452 valence electrons. The summed E-state index contributed by atoms with van der Waals surface area (Å²) in [5, 5.41) is 0. The summed E-state index contributed by atoms with van der Waals surface area (Å²) in [5.74, 6) is -0.876. The van der Waals surface area contributed by atoms with Crippen LogP contribution in [0.1, 0.15) is 348 Å². The molecule has 0 aromatic heterocycles. The van der Waals surface area contributed by atoms with Crippen LogP contribution in [-0.2, 0) is 28.6 Å². The Kier molecular flexibility index (Phi) is 63.7. The van der Waals surface area contributed by atoms with Crippen molar-refractivity contribution in [3.8, 4) is 0 Å². The number of rotatable bonds is 62. The molecule has 0 aliphatic rings. The molecule has 78 heavy (non-hydrogen) atoms. The number of carbonyl (C=O) groups excluding carboxylic acids is 3. The Bertz CT molecular complexity index is 1440. The lowest BCUT2D eigenvalue weighted by Crippen LogP contribution is -2.30. The second-order valence-corrected chi connectivity index (χ2v) is 22.7. The van der Waals surface area contributed by atoms with Crippen molar-refractivity contribution in [3.05, 3.63) is 72.9 Å². The topological polar surface area (TPSA) is 78.9 Å². The second-order valence-electron chi connectivity index (χ2n) is 22.7. The fraction of sp³-hybridized carbons (Fsp3) is 0.792. The molecule has 0 spiro atoms. The predicted molar refractivity (Wildman–Crippen MR) is 339 cm³/mol. The molecule has 0 saturated heterocycles. The molecule has 0 N–H and O–H groups in total. The molecule has 0 heterocycles. The van der Waals surface area contributed by atoms with Crippen LogP contribution in [0, 0.1) is 0 Å². The van der Waals surface area contributed by atoms with Crippen LogP contribution in [-0.4, -0.2) is 37.2 Å². The Morgan fingerprint density at radius 1 is 0.269 bits per heavy atom. The summed E-state index contributed by atoms with van der Waals surface area (Å²) in [7, 11) is 0. The third kappa shape index (κ3) is 63.7. The van der Waals surface area contributed by atoms with Crippen LogP contribution in [0.2, 0.25) is 0 Å². The summed E-state index contributed by atoms with van der Waals surface area (Å²) >= 11 is 0. The number of esters is 3. The SMILES string of the molecule is CC/C=C\C/C=C\C/C=C\C/C=C\CCCCCCCCCCCCCCCCCCC(=O)OCC(COC(=O)CCCCCCC/C=C\CCCCCCCC)OC(=O)CCCCCCC/C=C\CCCCCCCCC. The van der Waals surface area contributed by atoms with Gasteiger partial charge in [0.15, 0.2) is 6.10 Å². The molecular formula is C72H128O6. The van der Waals surface area contributed by atoms with Gasteiger partial charge in [-0.3, -0.25) is 14.4 Å². The van der Waals surface area contributed by atoms with Crippen LogP contribution in [0.15, 0.2) is 72.9 Å². The van der Waals surface area contributed by atoms with Crippen molar-refractivity contribution >= 4 is 17.9 Å². The molecule has 1 atom stereocenters. The molecular weight excluding hydrogens is 961 g/mol. The fourth-order valence-corrected chi connectivity index (χ4v) is 9.84. The van der Waals surface area contributed by atoms with E-state index in [0.29, 0.717) is 19.3 Å². The summed E-state index contributed by atoms with van der Waals surface area (Å²) in [6.07, 6.45) is 86.4. The fourth-order valence-electron chi connectivity index (χ4n) is 9.84. The maximum absolute atomic E-state index is 12.9. The molecule has 0 radical (unpaired) electrons. The standard InChI is InChI=1S/C72H128O6/c1-4-7-10-13-16-19-22-25-28-30-31-32-33-34-35-36-37-38-39-40-41-42-45-47-50-53-56-59-62-65-71(74)77-68-69(67-76-70(73)64-61-58-55-52-49-46-43-27-24-21-18-15-12-9-6-3)78-72(75)66-63-60-57-54-51-48-44-29-26-23-20-17-14-11-8-5-2/h7,10,16,19,25,27-29,31-32,43-44,69H,4-6,8-9,11-15,17-18,20-24,26,30,33-42,45-68H2,1-3H3/b10-7-,19-16-,28-25-,32-31-,43-27-,44-29-. The van der Waals surface area contributed by atoms with E-state index < -0.39 is 6.10 Å². The van der Waals surface area contributed by atoms with Gasteiger partial charge in [0, 0.05) is 19.3 Å². The molecule has 6 nitrogen and oxygen atoms in total. The monoisotopic (exact) mass is 1090 g/mol. The van der Waals surface area contributed by atoms with E-state index in [-0.39, 0.29) is 31.1 Å². The molecule has 0 aliphatic heterocycles. The zero-order chi connectivity index (χ0) is 56.4. The average molecular weight is 1090 g/mol. The van der Waals surface area contributed by atoms with E-state index in [4.69, 9.17) is 14.2 Å². The zero-order valence-electron chi connectivity index (χ0n) is 51.9. The molecule has 0 rings (SSSR count).